The zero-order valence-corrected chi connectivity index (χ0v) is 68.7. The first-order valence-corrected chi connectivity index (χ1v) is 32.3. The van der Waals surface area contributed by atoms with Gasteiger partial charge in [-0.1, -0.05) is 107 Å². The Morgan fingerprint density at radius 2 is 0.796 bits per heavy atom. The third-order valence-corrected chi connectivity index (χ3v) is 15.9. The molecule has 0 fully saturated rings. The van der Waals surface area contributed by atoms with Crippen LogP contribution in [0.5, 0.6) is 0 Å². The van der Waals surface area contributed by atoms with Gasteiger partial charge < -0.3 is 25.3 Å². The van der Waals surface area contributed by atoms with E-state index in [1.165, 1.54) is 85.3 Å². The molecule has 98 heavy (non-hydrogen) atoms. The van der Waals surface area contributed by atoms with E-state index in [0.717, 1.165) is 70.1 Å². The number of carbonyl (C=O) groups excluding carboxylic acids is 3. The number of thiazole rings is 2. The minimum atomic E-state index is -0.125. The van der Waals surface area contributed by atoms with E-state index in [0.29, 0.717) is 0 Å². The number of pyridine rings is 3. The number of hydrogen-bond donors (Lipinski definition) is 3. The molecule has 5 radical (unpaired) electrons. The molecule has 20 heteroatoms. The summed E-state index contributed by atoms with van der Waals surface area (Å²) in [5, 5.41) is 34.8. The fourth-order valence-corrected chi connectivity index (χ4v) is 11.4. The van der Waals surface area contributed by atoms with Crippen molar-refractivity contribution in [3.63, 3.8) is 0 Å². The average Bonchev–Trinajstić information content (AvgIpc) is 1.34. The van der Waals surface area contributed by atoms with Gasteiger partial charge in [-0.25, -0.2) is 22.7 Å². The molecule has 0 amide bonds. The zero-order valence-electron chi connectivity index (χ0n) is 53.4. The predicted molar refractivity (Wildman–Crippen MR) is 385 cm³/mol. The molecule has 3 N–H and O–H groups in total. The number of thiophene rings is 2. The van der Waals surface area contributed by atoms with E-state index in [-0.39, 0.29) is 135 Å². The third-order valence-electron chi connectivity index (χ3n) is 12.0. The zero-order chi connectivity index (χ0) is 66.2. The van der Waals surface area contributed by atoms with Crippen LogP contribution in [0.3, 0.4) is 0 Å². The van der Waals surface area contributed by atoms with Crippen molar-refractivity contribution >= 4 is 105 Å². The fraction of sp³-hybridized carbons (Fsp3) is 0.0769. The average molecular weight is 2260 g/mol. The van der Waals surface area contributed by atoms with Gasteiger partial charge in [0.25, 0.3) is 0 Å². The van der Waals surface area contributed by atoms with Gasteiger partial charge in [0, 0.05) is 151 Å². The summed E-state index contributed by atoms with van der Waals surface area (Å²) in [6.45, 7) is 8.54. The van der Waals surface area contributed by atoms with Crippen molar-refractivity contribution in [1.29, 1.82) is 0 Å². The molecule has 0 spiro atoms. The molecule has 0 unspecified atom stereocenters. The molecule has 0 atom stereocenters. The minimum Gasteiger partial charge on any atom is -0.512 e. The number of aliphatic hydroxyl groups excluding tert-OH is 3. The molecule has 7 aromatic heterocycles. The molecule has 0 saturated heterocycles. The summed E-state index contributed by atoms with van der Waals surface area (Å²) in [5.41, 5.74) is 9.25. The van der Waals surface area contributed by atoms with E-state index in [9.17, 15) is 14.4 Å². The Hall–Kier alpha value is -7.43. The van der Waals surface area contributed by atoms with Crippen LogP contribution in [-0.4, -0.2) is 57.6 Å². The first kappa shape index (κ1) is 86.7. The summed E-state index contributed by atoms with van der Waals surface area (Å²) in [5.74, 6) is -0.187. The van der Waals surface area contributed by atoms with Crippen molar-refractivity contribution in [2.75, 3.05) is 0 Å². The second kappa shape index (κ2) is 47.5. The number of allylic oxidation sites excluding steroid dienone is 6. The van der Waals surface area contributed by atoms with Gasteiger partial charge in [0.1, 0.15) is 0 Å². The summed E-state index contributed by atoms with van der Waals surface area (Å²) in [6.07, 6.45) is 7.20. The van der Waals surface area contributed by atoms with Gasteiger partial charge in [0.15, 0.2) is 17.3 Å². The summed E-state index contributed by atoms with van der Waals surface area (Å²) >= 11 is 6.77. The van der Waals surface area contributed by atoms with Crippen LogP contribution in [0.15, 0.2) is 277 Å². The second-order valence-corrected chi connectivity index (χ2v) is 23.7. The third kappa shape index (κ3) is 30.8. The molecule has 0 aliphatic carbocycles. The number of para-hydroxylation sites is 3. The molecular weight excluding hydrogens is 2190 g/mol. The molecule has 11 nitrogen and oxygen atoms in total. The number of ketones is 3. The summed E-state index contributed by atoms with van der Waals surface area (Å²) in [6, 6.07) is 88.3. The molecule has 7 aromatic carbocycles. The Morgan fingerprint density at radius 1 is 0.367 bits per heavy atom. The van der Waals surface area contributed by atoms with E-state index < -0.39 is 0 Å². The Bertz CT molecular complexity index is 4440. The van der Waals surface area contributed by atoms with Gasteiger partial charge in [0.2, 0.25) is 0 Å². The summed E-state index contributed by atoms with van der Waals surface area (Å²) in [7, 11) is 0. The van der Waals surface area contributed by atoms with Crippen LogP contribution in [0.25, 0.3) is 95.7 Å². The normalized spacial score (nSPS) is 10.2. The smallest absolute Gasteiger partial charge is 0.155 e. The summed E-state index contributed by atoms with van der Waals surface area (Å²) < 4.78 is 2.47. The van der Waals surface area contributed by atoms with Crippen molar-refractivity contribution < 1.29 is 130 Å². The SMILES string of the molecule is CC(=O)C=C(C)O.CC(=O)C=C(C)O.CC(=O)C=C(C)O.[Ir].[Ir].[Ir].[Ir].[Ir].[c-]1ccccc1-c1cc2ccccc2cn1.[c-]1ccccc1-c1ccc2ccccc2n1.[c-]1ccccc1-c1nc2ccccc2s1.[c-]1ccsc1-c1ccccn1.[c-]1ccsc1-c1nc2ccccc2s1. The fourth-order valence-electron chi connectivity index (χ4n) is 8.15. The first-order chi connectivity index (χ1) is 45.1. The van der Waals surface area contributed by atoms with Crippen LogP contribution in [0, 0.1) is 30.3 Å². The van der Waals surface area contributed by atoms with Gasteiger partial charge in [0.05, 0.1) is 33.8 Å². The molecule has 0 aliphatic rings. The monoisotopic (exact) mass is 2260 g/mol. The van der Waals surface area contributed by atoms with Gasteiger partial charge >= 0.3 is 0 Å². The van der Waals surface area contributed by atoms with Crippen LogP contribution >= 0.6 is 45.3 Å². The Balaban J connectivity index is 0.000000386. The maximum atomic E-state index is 10.0. The van der Waals surface area contributed by atoms with Crippen molar-refractivity contribution in [3.05, 3.63) is 307 Å². The quantitative estimate of drug-likeness (QED) is 0.0750. The molecule has 14 aromatic rings. The molecule has 14 rings (SSSR count). The van der Waals surface area contributed by atoms with Crippen LogP contribution in [0.2, 0.25) is 0 Å². The van der Waals surface area contributed by atoms with Crippen molar-refractivity contribution in [2.45, 2.75) is 41.5 Å². The molecule has 7 heterocycles. The number of nitrogens with zero attached hydrogens (tertiary/aromatic N) is 5. The number of benzene rings is 7. The number of aromatic nitrogens is 5. The van der Waals surface area contributed by atoms with Gasteiger partial charge in [-0.05, 0) is 111 Å². The molecule has 0 bridgehead atoms. The van der Waals surface area contributed by atoms with Gasteiger partial charge in [-0.3, -0.25) is 29.3 Å². The number of hydrogen-bond acceptors (Lipinski definition) is 15. The van der Waals surface area contributed by atoms with Crippen molar-refractivity contribution in [2.24, 2.45) is 0 Å². The number of carbonyl (C=O) groups is 3. The van der Waals surface area contributed by atoms with E-state index in [1.54, 1.807) is 51.5 Å². The molecule has 0 aliphatic heterocycles. The molecule has 511 valence electrons. The molecule has 0 saturated carbocycles. The Kier molecular flexibility index (Phi) is 42.0. The maximum Gasteiger partial charge on any atom is 0.155 e. The number of fused-ring (bicyclic) bond motifs is 4. The van der Waals surface area contributed by atoms with E-state index in [4.69, 9.17) is 15.3 Å². The molecular formula is C78H64Ir5N5O6S4-5. The van der Waals surface area contributed by atoms with E-state index >= 15 is 0 Å². The predicted octanol–water partition coefficient (Wildman–Crippen LogP) is 20.7. The largest absolute Gasteiger partial charge is 0.512 e. The van der Waals surface area contributed by atoms with Gasteiger partial charge in [-0.15, -0.1) is 118 Å². The first-order valence-electron chi connectivity index (χ1n) is 28.9. The van der Waals surface area contributed by atoms with Crippen LogP contribution in [0.4, 0.5) is 0 Å². The second-order valence-electron chi connectivity index (χ2n) is 19.8. The van der Waals surface area contributed by atoms with Crippen LogP contribution < -0.4 is 0 Å². The minimum absolute atomic E-state index is 0. The summed E-state index contributed by atoms with van der Waals surface area (Å²) in [4.78, 5) is 54.7. The van der Waals surface area contributed by atoms with E-state index in [2.05, 4.69) is 97.7 Å². The maximum absolute atomic E-state index is 10.0. The van der Waals surface area contributed by atoms with Crippen molar-refractivity contribution in [1.82, 2.24) is 24.9 Å². The number of rotatable bonds is 8. The van der Waals surface area contributed by atoms with E-state index in [1.807, 2.05) is 193 Å². The number of aliphatic hydroxyl groups is 3. The van der Waals surface area contributed by atoms with Crippen molar-refractivity contribution in [3.8, 4) is 53.5 Å². The van der Waals surface area contributed by atoms with Crippen LogP contribution in [0.1, 0.15) is 41.5 Å². The standard InChI is InChI=1S/2C15H10N.C13H8NS.C11H6NS2.C9H6NS.3C5H8O2.5Ir/c1-2-6-12(7-3-1)15-10-13-8-4-5-9-14(13)11-16-15;1-2-6-12(7-3-1)15-11-10-13-8-4-5-9-14(13)16-15;1-2-6-10(7-3-1)13-14-11-8-4-5-9-12(11)15-13;1-2-5-9-8(4-1)12-11(14-9)10-6-3-7-13-10;1-2-6-10-8(4-1)9-5-3-7-11-9;3*1-4(6)3-5(2)7;;;;;/h2*1-6,8-11H;1-6,8-9H;1-5,7H;1-4,6-7H;3*3,6H,1-2H3;;;;;/q5*-1;;;;;;;;. The topological polar surface area (TPSA) is 176 Å². The Morgan fingerprint density at radius 3 is 1.24 bits per heavy atom. The Labute approximate surface area is 655 Å². The van der Waals surface area contributed by atoms with Crippen LogP contribution in [-0.2, 0) is 115 Å². The van der Waals surface area contributed by atoms with Gasteiger partial charge in [-0.2, -0.15) is 46.9 Å².